The molecule has 2 rings (SSSR count). The Labute approximate surface area is 150 Å². The zero-order valence-corrected chi connectivity index (χ0v) is 15.4. The number of ether oxygens (including phenoxy) is 1. The Morgan fingerprint density at radius 3 is 2.44 bits per heavy atom. The zero-order chi connectivity index (χ0) is 18.1. The second kappa shape index (κ2) is 9.23. The average Bonchev–Trinajstić information content (AvgIpc) is 2.59. The van der Waals surface area contributed by atoms with Crippen molar-refractivity contribution in [1.82, 2.24) is 5.32 Å². The molecule has 0 fully saturated rings. The van der Waals surface area contributed by atoms with Crippen LogP contribution in [0.4, 0.5) is 0 Å². The van der Waals surface area contributed by atoms with Crippen molar-refractivity contribution >= 4 is 5.91 Å². The lowest BCUT2D eigenvalue weighted by molar-refractivity contribution is -0.731. The van der Waals surface area contributed by atoms with Crippen LogP contribution in [0.2, 0.25) is 0 Å². The number of carbonyl (C=O) groups is 1. The number of nitrogens with two attached hydrogens (primary N) is 1. The lowest BCUT2D eigenvalue weighted by Crippen LogP contribution is -2.92. The van der Waals surface area contributed by atoms with E-state index in [1.54, 1.807) is 0 Å². The van der Waals surface area contributed by atoms with Gasteiger partial charge in [-0.15, -0.1) is 0 Å². The van der Waals surface area contributed by atoms with Gasteiger partial charge in [0.25, 0.3) is 5.91 Å². The van der Waals surface area contributed by atoms with Crippen molar-refractivity contribution in [2.24, 2.45) is 0 Å². The van der Waals surface area contributed by atoms with E-state index >= 15 is 0 Å². The molecule has 0 atom stereocenters. The number of carbonyl (C=O) groups excluding carboxylic acids is 1. The molecule has 1 amide bonds. The molecule has 0 heterocycles. The van der Waals surface area contributed by atoms with E-state index in [-0.39, 0.29) is 18.1 Å². The molecular weight excluding hydrogens is 312 g/mol. The molecule has 134 valence electrons. The monoisotopic (exact) mass is 341 g/mol. The highest BCUT2D eigenvalue weighted by Gasteiger charge is 2.15. The van der Waals surface area contributed by atoms with Crippen molar-refractivity contribution in [1.29, 1.82) is 0 Å². The number of amides is 1. The Morgan fingerprint density at radius 1 is 1.04 bits per heavy atom. The van der Waals surface area contributed by atoms with E-state index < -0.39 is 0 Å². The molecule has 0 radical (unpaired) electrons. The molecule has 25 heavy (non-hydrogen) atoms. The van der Waals surface area contributed by atoms with Crippen LogP contribution in [0, 0.1) is 0 Å². The van der Waals surface area contributed by atoms with Crippen molar-refractivity contribution in [2.45, 2.75) is 39.3 Å². The summed E-state index contributed by atoms with van der Waals surface area (Å²) in [6.07, 6.45) is 0.823. The van der Waals surface area contributed by atoms with Gasteiger partial charge in [0.15, 0.2) is 6.61 Å². The summed E-state index contributed by atoms with van der Waals surface area (Å²) in [4.78, 5) is 12.0. The number of hydrogen-bond donors (Lipinski definition) is 2. The number of benzene rings is 2. The van der Waals surface area contributed by atoms with Gasteiger partial charge in [-0.05, 0) is 44.9 Å². The molecule has 0 aliphatic heterocycles. The SMILES string of the molecule is CC(C)(C)[NH2+]Cc1ccccc1OCC(=O)NCCc1ccccc1. The van der Waals surface area contributed by atoms with Gasteiger partial charge in [-0.3, -0.25) is 4.79 Å². The Kier molecular flexibility index (Phi) is 7.02. The van der Waals surface area contributed by atoms with E-state index in [4.69, 9.17) is 4.74 Å². The third-order valence-electron chi connectivity index (χ3n) is 3.84. The highest BCUT2D eigenvalue weighted by Crippen LogP contribution is 2.16. The van der Waals surface area contributed by atoms with Crippen LogP contribution in [0.3, 0.4) is 0 Å². The van der Waals surface area contributed by atoms with Gasteiger partial charge in [-0.25, -0.2) is 0 Å². The molecular formula is C21H29N2O2+. The Balaban J connectivity index is 1.77. The normalized spacial score (nSPS) is 11.2. The summed E-state index contributed by atoms with van der Waals surface area (Å²) in [5.41, 5.74) is 2.48. The van der Waals surface area contributed by atoms with Crippen LogP contribution < -0.4 is 15.4 Å². The van der Waals surface area contributed by atoms with Crippen LogP contribution >= 0.6 is 0 Å². The fourth-order valence-electron chi connectivity index (χ4n) is 2.41. The maximum absolute atomic E-state index is 12.0. The zero-order valence-electron chi connectivity index (χ0n) is 15.4. The minimum Gasteiger partial charge on any atom is -0.483 e. The number of quaternary nitrogens is 1. The Morgan fingerprint density at radius 2 is 1.72 bits per heavy atom. The lowest BCUT2D eigenvalue weighted by Gasteiger charge is -2.18. The van der Waals surface area contributed by atoms with Crippen LogP contribution in [0.1, 0.15) is 31.9 Å². The Bertz CT molecular complexity index is 663. The van der Waals surface area contributed by atoms with E-state index in [2.05, 4.69) is 43.5 Å². The van der Waals surface area contributed by atoms with Gasteiger partial charge in [0.2, 0.25) is 0 Å². The maximum atomic E-state index is 12.0. The van der Waals surface area contributed by atoms with E-state index in [1.165, 1.54) is 5.56 Å². The minimum absolute atomic E-state index is 0.0430. The number of para-hydroxylation sites is 1. The summed E-state index contributed by atoms with van der Waals surface area (Å²) in [5, 5.41) is 5.16. The summed E-state index contributed by atoms with van der Waals surface area (Å²) in [7, 11) is 0. The predicted molar refractivity (Wildman–Crippen MR) is 100 cm³/mol. The van der Waals surface area contributed by atoms with Crippen molar-refractivity contribution in [2.75, 3.05) is 13.2 Å². The van der Waals surface area contributed by atoms with Gasteiger partial charge >= 0.3 is 0 Å². The van der Waals surface area contributed by atoms with Crippen LogP contribution in [0.25, 0.3) is 0 Å². The molecule has 4 nitrogen and oxygen atoms in total. The number of rotatable bonds is 8. The van der Waals surface area contributed by atoms with Gasteiger partial charge < -0.3 is 15.4 Å². The predicted octanol–water partition coefficient (Wildman–Crippen LogP) is 2.29. The standard InChI is InChI=1S/C21H28N2O2/c1-21(2,3)23-15-18-11-7-8-12-19(18)25-16-20(24)22-14-13-17-9-5-4-6-10-17/h4-12,23H,13-16H2,1-3H3,(H,22,24)/p+1. The number of nitrogens with one attached hydrogen (secondary N) is 1. The molecule has 0 spiro atoms. The third-order valence-corrected chi connectivity index (χ3v) is 3.84. The highest BCUT2D eigenvalue weighted by atomic mass is 16.5. The Hall–Kier alpha value is -2.33. The van der Waals surface area contributed by atoms with Gasteiger partial charge in [-0.2, -0.15) is 0 Å². The first-order chi connectivity index (χ1) is 11.9. The second-order valence-electron chi connectivity index (χ2n) is 7.26. The summed E-state index contributed by atoms with van der Waals surface area (Å²) in [6, 6.07) is 18.0. The van der Waals surface area contributed by atoms with E-state index in [0.717, 1.165) is 24.3 Å². The topological polar surface area (TPSA) is 54.9 Å². The van der Waals surface area contributed by atoms with Gasteiger partial charge in [-0.1, -0.05) is 42.5 Å². The van der Waals surface area contributed by atoms with Crippen molar-refractivity contribution < 1.29 is 14.8 Å². The molecule has 3 N–H and O–H groups in total. The fourth-order valence-corrected chi connectivity index (χ4v) is 2.41. The summed E-state index contributed by atoms with van der Waals surface area (Å²) < 4.78 is 5.73. The fraction of sp³-hybridized carbons (Fsp3) is 0.381. The third kappa shape index (κ3) is 7.40. The molecule has 4 heteroatoms. The molecule has 0 bridgehead atoms. The van der Waals surface area contributed by atoms with Crippen molar-refractivity contribution in [3.05, 3.63) is 65.7 Å². The van der Waals surface area contributed by atoms with E-state index in [1.807, 2.05) is 42.5 Å². The van der Waals surface area contributed by atoms with Gasteiger partial charge in [0, 0.05) is 12.1 Å². The molecule has 2 aromatic carbocycles. The van der Waals surface area contributed by atoms with Crippen LogP contribution in [0.5, 0.6) is 5.75 Å². The molecule has 0 saturated heterocycles. The maximum Gasteiger partial charge on any atom is 0.257 e. The van der Waals surface area contributed by atoms with Crippen LogP contribution in [-0.4, -0.2) is 24.6 Å². The van der Waals surface area contributed by atoms with Gasteiger partial charge in [0.1, 0.15) is 12.3 Å². The summed E-state index contributed by atoms with van der Waals surface area (Å²) >= 11 is 0. The van der Waals surface area contributed by atoms with Crippen LogP contribution in [0.15, 0.2) is 54.6 Å². The summed E-state index contributed by atoms with van der Waals surface area (Å²) in [5.74, 6) is 0.687. The average molecular weight is 341 g/mol. The first-order valence-corrected chi connectivity index (χ1v) is 8.80. The van der Waals surface area contributed by atoms with E-state index in [0.29, 0.717) is 6.54 Å². The van der Waals surface area contributed by atoms with Gasteiger partial charge in [0.05, 0.1) is 5.54 Å². The van der Waals surface area contributed by atoms with Crippen LogP contribution in [-0.2, 0) is 17.8 Å². The first-order valence-electron chi connectivity index (χ1n) is 8.80. The molecule has 2 aromatic rings. The quantitative estimate of drug-likeness (QED) is 0.774. The minimum atomic E-state index is -0.0921. The summed E-state index contributed by atoms with van der Waals surface area (Å²) in [6.45, 7) is 8.02. The molecule has 0 aliphatic carbocycles. The van der Waals surface area contributed by atoms with Crippen molar-refractivity contribution in [3.63, 3.8) is 0 Å². The molecule has 0 unspecified atom stereocenters. The largest absolute Gasteiger partial charge is 0.483 e. The smallest absolute Gasteiger partial charge is 0.257 e. The van der Waals surface area contributed by atoms with E-state index in [9.17, 15) is 4.79 Å². The number of hydrogen-bond acceptors (Lipinski definition) is 2. The molecule has 0 aliphatic rings. The van der Waals surface area contributed by atoms with Crippen molar-refractivity contribution in [3.8, 4) is 5.75 Å². The first kappa shape index (κ1) is 19.0. The second-order valence-corrected chi connectivity index (χ2v) is 7.26. The molecule has 0 aromatic heterocycles. The molecule has 0 saturated carbocycles. The lowest BCUT2D eigenvalue weighted by atomic mass is 10.1. The highest BCUT2D eigenvalue weighted by molar-refractivity contribution is 5.77.